The predicted octanol–water partition coefficient (Wildman–Crippen LogP) is -0.0108. The van der Waals surface area contributed by atoms with Gasteiger partial charge in [-0.2, -0.15) is 0 Å². The Bertz CT molecular complexity index is 241. The fourth-order valence-electron chi connectivity index (χ4n) is 2.34. The van der Waals surface area contributed by atoms with E-state index in [1.54, 1.807) is 0 Å². The van der Waals surface area contributed by atoms with Crippen molar-refractivity contribution in [1.29, 1.82) is 0 Å². The number of hydrogen-bond acceptors (Lipinski definition) is 3. The molecule has 2 fully saturated rings. The molecule has 2 rings (SSSR count). The van der Waals surface area contributed by atoms with Gasteiger partial charge >= 0.3 is 0 Å². The molecule has 0 aromatic heterocycles. The van der Waals surface area contributed by atoms with Gasteiger partial charge in [-0.1, -0.05) is 0 Å². The molecule has 2 saturated heterocycles. The summed E-state index contributed by atoms with van der Waals surface area (Å²) in [6, 6.07) is 0.821. The Labute approximate surface area is 92.8 Å². The minimum atomic E-state index is 0.821. The maximum atomic E-state index is 3.40. The first-order chi connectivity index (χ1) is 7.40. The van der Waals surface area contributed by atoms with Crippen molar-refractivity contribution < 1.29 is 0 Å². The van der Waals surface area contributed by atoms with Crippen LogP contribution in [0.4, 0.5) is 0 Å². The van der Waals surface area contributed by atoms with Crippen molar-refractivity contribution in [2.24, 2.45) is 0 Å². The van der Waals surface area contributed by atoms with Gasteiger partial charge in [0.25, 0.3) is 0 Å². The highest BCUT2D eigenvalue weighted by molar-refractivity contribution is 4.97. The lowest BCUT2D eigenvalue weighted by molar-refractivity contribution is 0.0289. The summed E-state index contributed by atoms with van der Waals surface area (Å²) in [6.07, 6.45) is 1.03. The summed E-state index contributed by atoms with van der Waals surface area (Å²) in [4.78, 5) is 5.13. The molecule has 0 spiro atoms. The molecule has 84 valence electrons. The molecular weight excluding hydrogens is 186 g/mol. The van der Waals surface area contributed by atoms with Crippen LogP contribution in [0.1, 0.15) is 13.3 Å². The molecule has 0 radical (unpaired) electrons. The van der Waals surface area contributed by atoms with Gasteiger partial charge in [0, 0.05) is 58.3 Å². The number of likely N-dealkylation sites (tertiary alicyclic amines) is 1. The Kier molecular flexibility index (Phi) is 4.01. The van der Waals surface area contributed by atoms with Gasteiger partial charge in [0.05, 0.1) is 0 Å². The van der Waals surface area contributed by atoms with E-state index >= 15 is 0 Å². The van der Waals surface area contributed by atoms with Gasteiger partial charge in [-0.25, -0.2) is 0 Å². The molecule has 2 heterocycles. The first kappa shape index (κ1) is 10.9. The van der Waals surface area contributed by atoms with Crippen molar-refractivity contribution in [3.05, 3.63) is 0 Å². The Morgan fingerprint density at radius 1 is 1.27 bits per heavy atom. The van der Waals surface area contributed by atoms with Gasteiger partial charge in [0.2, 0.25) is 0 Å². The summed E-state index contributed by atoms with van der Waals surface area (Å²) < 4.78 is 0. The standard InChI is InChI=1S/C12H21N3/c1-2-3-4-7-14-10-12(11-14)15-8-5-13-6-9-15/h12-13H,4-11H2,1H3. The van der Waals surface area contributed by atoms with E-state index in [4.69, 9.17) is 0 Å². The summed E-state index contributed by atoms with van der Waals surface area (Å²) in [6.45, 7) is 10.4. The molecular formula is C12H21N3. The molecule has 1 N–H and O–H groups in total. The zero-order chi connectivity index (χ0) is 10.5. The lowest BCUT2D eigenvalue weighted by Gasteiger charge is -2.46. The van der Waals surface area contributed by atoms with E-state index in [1.165, 1.54) is 26.2 Å². The highest BCUT2D eigenvalue weighted by atomic mass is 15.3. The number of rotatable bonds is 3. The van der Waals surface area contributed by atoms with Crippen molar-refractivity contribution in [1.82, 2.24) is 15.1 Å². The van der Waals surface area contributed by atoms with Crippen LogP contribution in [0.5, 0.6) is 0 Å². The van der Waals surface area contributed by atoms with Gasteiger partial charge in [-0.05, 0) is 6.92 Å². The molecule has 0 aromatic carbocycles. The molecule has 3 nitrogen and oxygen atoms in total. The first-order valence-electron chi connectivity index (χ1n) is 5.97. The average Bonchev–Trinajstić information content (AvgIpc) is 2.23. The summed E-state index contributed by atoms with van der Waals surface area (Å²) in [5.41, 5.74) is 0. The number of nitrogens with one attached hydrogen (secondary N) is 1. The van der Waals surface area contributed by atoms with E-state index in [2.05, 4.69) is 27.0 Å². The summed E-state index contributed by atoms with van der Waals surface area (Å²) >= 11 is 0. The number of hydrogen-bond donors (Lipinski definition) is 1. The van der Waals surface area contributed by atoms with Gasteiger partial charge in [0.1, 0.15) is 0 Å². The van der Waals surface area contributed by atoms with Crippen molar-refractivity contribution in [2.75, 3.05) is 45.8 Å². The molecule has 2 aliphatic rings. The number of piperazine rings is 1. The molecule has 0 amide bonds. The fraction of sp³-hybridized carbons (Fsp3) is 0.833. The summed E-state index contributed by atoms with van der Waals surface area (Å²) in [5.74, 6) is 6.08. The SMILES string of the molecule is CC#CCCN1CC(N2CCNCC2)C1. The topological polar surface area (TPSA) is 18.5 Å². The smallest absolute Gasteiger partial charge is 0.0351 e. The van der Waals surface area contributed by atoms with Crippen molar-refractivity contribution in [3.63, 3.8) is 0 Å². The molecule has 0 aliphatic carbocycles. The van der Waals surface area contributed by atoms with Crippen LogP contribution in [-0.2, 0) is 0 Å². The predicted molar refractivity (Wildman–Crippen MR) is 62.7 cm³/mol. The van der Waals surface area contributed by atoms with Crippen LogP contribution >= 0.6 is 0 Å². The maximum absolute atomic E-state index is 3.40. The lowest BCUT2D eigenvalue weighted by Crippen LogP contribution is -2.62. The second kappa shape index (κ2) is 5.50. The first-order valence-corrected chi connectivity index (χ1v) is 5.97. The van der Waals surface area contributed by atoms with E-state index in [0.717, 1.165) is 32.1 Å². The van der Waals surface area contributed by atoms with Crippen LogP contribution in [0.3, 0.4) is 0 Å². The van der Waals surface area contributed by atoms with Gasteiger partial charge in [0.15, 0.2) is 0 Å². The number of nitrogens with zero attached hydrogens (tertiary/aromatic N) is 2. The Balaban J connectivity index is 1.61. The van der Waals surface area contributed by atoms with Crippen LogP contribution in [0.2, 0.25) is 0 Å². The highest BCUT2D eigenvalue weighted by Gasteiger charge is 2.31. The average molecular weight is 207 g/mol. The van der Waals surface area contributed by atoms with Gasteiger partial charge in [-0.3, -0.25) is 9.80 Å². The minimum absolute atomic E-state index is 0.821. The van der Waals surface area contributed by atoms with Crippen molar-refractivity contribution in [2.45, 2.75) is 19.4 Å². The normalized spacial score (nSPS) is 24.3. The van der Waals surface area contributed by atoms with Gasteiger partial charge in [-0.15, -0.1) is 11.8 Å². The third kappa shape index (κ3) is 2.94. The Morgan fingerprint density at radius 2 is 2.00 bits per heavy atom. The second-order valence-corrected chi connectivity index (χ2v) is 4.38. The van der Waals surface area contributed by atoms with Crippen LogP contribution < -0.4 is 5.32 Å². The second-order valence-electron chi connectivity index (χ2n) is 4.38. The molecule has 0 bridgehead atoms. The van der Waals surface area contributed by atoms with E-state index in [9.17, 15) is 0 Å². The monoisotopic (exact) mass is 207 g/mol. The zero-order valence-electron chi connectivity index (χ0n) is 9.63. The van der Waals surface area contributed by atoms with Crippen molar-refractivity contribution in [3.8, 4) is 11.8 Å². The maximum Gasteiger partial charge on any atom is 0.0351 e. The van der Waals surface area contributed by atoms with E-state index in [-0.39, 0.29) is 0 Å². The molecule has 0 unspecified atom stereocenters. The summed E-state index contributed by atoms with van der Waals surface area (Å²) in [5, 5.41) is 3.40. The molecule has 0 saturated carbocycles. The fourth-order valence-corrected chi connectivity index (χ4v) is 2.34. The summed E-state index contributed by atoms with van der Waals surface area (Å²) in [7, 11) is 0. The minimum Gasteiger partial charge on any atom is -0.314 e. The molecule has 15 heavy (non-hydrogen) atoms. The van der Waals surface area contributed by atoms with Crippen LogP contribution in [0.25, 0.3) is 0 Å². The van der Waals surface area contributed by atoms with E-state index < -0.39 is 0 Å². The van der Waals surface area contributed by atoms with Crippen LogP contribution in [-0.4, -0.2) is 61.7 Å². The largest absolute Gasteiger partial charge is 0.314 e. The molecule has 0 atom stereocenters. The Morgan fingerprint density at radius 3 is 2.67 bits per heavy atom. The molecule has 0 aromatic rings. The zero-order valence-corrected chi connectivity index (χ0v) is 9.63. The third-order valence-corrected chi connectivity index (χ3v) is 3.34. The van der Waals surface area contributed by atoms with E-state index in [1.807, 2.05) is 6.92 Å². The van der Waals surface area contributed by atoms with Crippen LogP contribution in [0.15, 0.2) is 0 Å². The molecule has 3 heteroatoms. The molecule has 2 aliphatic heterocycles. The van der Waals surface area contributed by atoms with Gasteiger partial charge < -0.3 is 5.32 Å². The highest BCUT2D eigenvalue weighted by Crippen LogP contribution is 2.15. The van der Waals surface area contributed by atoms with Crippen molar-refractivity contribution >= 4 is 0 Å². The Hall–Kier alpha value is -0.560. The lowest BCUT2D eigenvalue weighted by atomic mass is 10.1. The third-order valence-electron chi connectivity index (χ3n) is 3.34. The quantitative estimate of drug-likeness (QED) is 0.657. The van der Waals surface area contributed by atoms with Crippen LogP contribution in [0, 0.1) is 11.8 Å². The van der Waals surface area contributed by atoms with E-state index in [0.29, 0.717) is 0 Å².